The molecule has 0 saturated heterocycles. The smallest absolute Gasteiger partial charge is 0.0537 e. The molecule has 0 aliphatic heterocycles. The first-order valence-corrected chi connectivity index (χ1v) is 5.96. The van der Waals surface area contributed by atoms with Gasteiger partial charge in [0.2, 0.25) is 0 Å². The van der Waals surface area contributed by atoms with Crippen LogP contribution in [-0.4, -0.2) is 28.0 Å². The quantitative estimate of drug-likeness (QED) is 0.691. The van der Waals surface area contributed by atoms with Crippen LogP contribution in [0.3, 0.4) is 0 Å². The Kier molecular flexibility index (Phi) is 5.49. The summed E-state index contributed by atoms with van der Waals surface area (Å²) in [6.45, 7) is 5.50. The second kappa shape index (κ2) is 6.66. The molecule has 1 aromatic rings. The molecule has 0 aromatic carbocycles. The molecule has 0 aliphatic rings. The molecule has 0 fully saturated rings. The van der Waals surface area contributed by atoms with Crippen molar-refractivity contribution in [3.63, 3.8) is 0 Å². The van der Waals surface area contributed by atoms with Crippen LogP contribution in [0.1, 0.15) is 38.3 Å². The Morgan fingerprint density at radius 3 is 2.81 bits per heavy atom. The van der Waals surface area contributed by atoms with Crippen LogP contribution in [0.15, 0.2) is 12.4 Å². The van der Waals surface area contributed by atoms with Crippen molar-refractivity contribution in [3.05, 3.63) is 18.0 Å². The molecule has 92 valence electrons. The fourth-order valence-electron chi connectivity index (χ4n) is 1.64. The molecular weight excluding hydrogens is 202 g/mol. The van der Waals surface area contributed by atoms with Crippen molar-refractivity contribution in [1.82, 2.24) is 15.1 Å². The highest BCUT2D eigenvalue weighted by molar-refractivity contribution is 5.08. The van der Waals surface area contributed by atoms with Gasteiger partial charge in [0.15, 0.2) is 0 Å². The third kappa shape index (κ3) is 4.33. The highest BCUT2D eigenvalue weighted by Crippen LogP contribution is 2.10. The molecule has 4 heteroatoms. The van der Waals surface area contributed by atoms with E-state index in [1.54, 1.807) is 0 Å². The minimum Gasteiger partial charge on any atom is -0.396 e. The SMILES string of the molecule is CC(CO)CCCNC(C)c1cnn(C)c1. The van der Waals surface area contributed by atoms with Crippen LogP contribution in [-0.2, 0) is 7.05 Å². The normalized spacial score (nSPS) is 15.0. The molecule has 4 nitrogen and oxygen atoms in total. The standard InChI is InChI=1S/C12H23N3O/c1-10(9-16)5-4-6-13-11(2)12-7-14-15(3)8-12/h7-8,10-11,13,16H,4-6,9H2,1-3H3. The summed E-state index contributed by atoms with van der Waals surface area (Å²) in [5.74, 6) is 0.412. The average molecular weight is 225 g/mol. The van der Waals surface area contributed by atoms with Crippen LogP contribution in [0.25, 0.3) is 0 Å². The lowest BCUT2D eigenvalue weighted by atomic mass is 10.1. The number of aryl methyl sites for hydroxylation is 1. The summed E-state index contributed by atoms with van der Waals surface area (Å²) in [5, 5.41) is 16.5. The number of aliphatic hydroxyl groups excluding tert-OH is 1. The highest BCUT2D eigenvalue weighted by atomic mass is 16.3. The van der Waals surface area contributed by atoms with E-state index in [4.69, 9.17) is 5.11 Å². The lowest BCUT2D eigenvalue weighted by molar-refractivity contribution is 0.227. The van der Waals surface area contributed by atoms with Gasteiger partial charge in [0.05, 0.1) is 6.20 Å². The van der Waals surface area contributed by atoms with Crippen LogP contribution in [0.2, 0.25) is 0 Å². The Balaban J connectivity index is 2.18. The van der Waals surface area contributed by atoms with Gasteiger partial charge in [-0.3, -0.25) is 4.68 Å². The van der Waals surface area contributed by atoms with Gasteiger partial charge in [-0.05, 0) is 32.2 Å². The lowest BCUT2D eigenvalue weighted by Gasteiger charge is -2.13. The van der Waals surface area contributed by atoms with Crippen LogP contribution in [0.5, 0.6) is 0 Å². The maximum Gasteiger partial charge on any atom is 0.0537 e. The number of aliphatic hydroxyl groups is 1. The third-order valence-corrected chi connectivity index (χ3v) is 2.86. The Labute approximate surface area is 97.7 Å². The zero-order valence-electron chi connectivity index (χ0n) is 10.5. The highest BCUT2D eigenvalue weighted by Gasteiger charge is 2.06. The van der Waals surface area contributed by atoms with Gasteiger partial charge >= 0.3 is 0 Å². The molecule has 0 spiro atoms. The molecule has 1 rings (SSSR count). The minimum atomic E-state index is 0.290. The fraction of sp³-hybridized carbons (Fsp3) is 0.750. The first-order chi connectivity index (χ1) is 7.63. The molecule has 2 unspecified atom stereocenters. The van der Waals surface area contributed by atoms with Crippen molar-refractivity contribution in [2.45, 2.75) is 32.7 Å². The first kappa shape index (κ1) is 13.2. The summed E-state index contributed by atoms with van der Waals surface area (Å²) in [6, 6.07) is 0.345. The zero-order valence-corrected chi connectivity index (χ0v) is 10.5. The summed E-state index contributed by atoms with van der Waals surface area (Å²) in [7, 11) is 1.93. The number of rotatable bonds is 7. The van der Waals surface area contributed by atoms with Gasteiger partial charge < -0.3 is 10.4 Å². The van der Waals surface area contributed by atoms with Gasteiger partial charge in [0.25, 0.3) is 0 Å². The largest absolute Gasteiger partial charge is 0.396 e. The third-order valence-electron chi connectivity index (χ3n) is 2.86. The van der Waals surface area contributed by atoms with E-state index in [1.807, 2.05) is 24.1 Å². The first-order valence-electron chi connectivity index (χ1n) is 5.96. The molecule has 1 aromatic heterocycles. The van der Waals surface area contributed by atoms with Crippen LogP contribution < -0.4 is 5.32 Å². The maximum atomic E-state index is 8.89. The minimum absolute atomic E-state index is 0.290. The number of nitrogens with one attached hydrogen (secondary N) is 1. The monoisotopic (exact) mass is 225 g/mol. The van der Waals surface area contributed by atoms with Gasteiger partial charge in [-0.25, -0.2) is 0 Å². The molecule has 0 bridgehead atoms. The van der Waals surface area contributed by atoms with Gasteiger partial charge in [-0.15, -0.1) is 0 Å². The molecule has 2 N–H and O–H groups in total. The molecule has 0 saturated carbocycles. The Bertz CT molecular complexity index is 298. The zero-order chi connectivity index (χ0) is 12.0. The van der Waals surface area contributed by atoms with Gasteiger partial charge in [-0.1, -0.05) is 6.92 Å². The van der Waals surface area contributed by atoms with E-state index in [-0.39, 0.29) is 6.61 Å². The summed E-state index contributed by atoms with van der Waals surface area (Å²) in [6.07, 6.45) is 6.11. The van der Waals surface area contributed by atoms with Crippen LogP contribution >= 0.6 is 0 Å². The van der Waals surface area contributed by atoms with E-state index in [0.29, 0.717) is 12.0 Å². The second-order valence-electron chi connectivity index (χ2n) is 4.55. The average Bonchev–Trinajstić information content (AvgIpc) is 2.70. The van der Waals surface area contributed by atoms with Crippen LogP contribution in [0, 0.1) is 5.92 Å². The fourth-order valence-corrected chi connectivity index (χ4v) is 1.64. The number of aromatic nitrogens is 2. The van der Waals surface area contributed by atoms with E-state index in [2.05, 4.69) is 24.3 Å². The van der Waals surface area contributed by atoms with E-state index < -0.39 is 0 Å². The predicted octanol–water partition coefficient (Wildman–Crippen LogP) is 1.48. The summed E-state index contributed by atoms with van der Waals surface area (Å²) >= 11 is 0. The Morgan fingerprint density at radius 2 is 2.25 bits per heavy atom. The molecule has 0 aliphatic carbocycles. The molecular formula is C12H23N3O. The van der Waals surface area contributed by atoms with E-state index >= 15 is 0 Å². The van der Waals surface area contributed by atoms with E-state index in [9.17, 15) is 0 Å². The topological polar surface area (TPSA) is 50.1 Å². The van der Waals surface area contributed by atoms with Crippen molar-refractivity contribution in [2.75, 3.05) is 13.2 Å². The molecule has 0 amide bonds. The van der Waals surface area contributed by atoms with Crippen LogP contribution in [0.4, 0.5) is 0 Å². The summed E-state index contributed by atoms with van der Waals surface area (Å²) < 4.78 is 1.82. The lowest BCUT2D eigenvalue weighted by Crippen LogP contribution is -2.20. The van der Waals surface area contributed by atoms with Gasteiger partial charge in [0.1, 0.15) is 0 Å². The van der Waals surface area contributed by atoms with E-state index in [1.165, 1.54) is 5.56 Å². The molecule has 2 atom stereocenters. The van der Waals surface area contributed by atoms with Crippen molar-refractivity contribution in [1.29, 1.82) is 0 Å². The summed E-state index contributed by atoms with van der Waals surface area (Å²) in [5.41, 5.74) is 1.22. The Morgan fingerprint density at radius 1 is 1.50 bits per heavy atom. The van der Waals surface area contributed by atoms with Gasteiger partial charge in [-0.2, -0.15) is 5.10 Å². The second-order valence-corrected chi connectivity index (χ2v) is 4.55. The van der Waals surface area contributed by atoms with Crippen molar-refractivity contribution in [3.8, 4) is 0 Å². The van der Waals surface area contributed by atoms with Crippen molar-refractivity contribution < 1.29 is 5.11 Å². The number of hydrogen-bond donors (Lipinski definition) is 2. The molecule has 16 heavy (non-hydrogen) atoms. The van der Waals surface area contributed by atoms with Crippen molar-refractivity contribution >= 4 is 0 Å². The summed E-state index contributed by atoms with van der Waals surface area (Å²) in [4.78, 5) is 0. The van der Waals surface area contributed by atoms with E-state index in [0.717, 1.165) is 19.4 Å². The molecule has 1 heterocycles. The maximum absolute atomic E-state index is 8.89. The van der Waals surface area contributed by atoms with Gasteiger partial charge in [0, 0.05) is 31.5 Å². The number of hydrogen-bond acceptors (Lipinski definition) is 3. The Hall–Kier alpha value is -0.870. The molecule has 0 radical (unpaired) electrons. The van der Waals surface area contributed by atoms with Crippen molar-refractivity contribution in [2.24, 2.45) is 13.0 Å². The number of nitrogens with zero attached hydrogens (tertiary/aromatic N) is 2. The predicted molar refractivity (Wildman–Crippen MR) is 65.1 cm³/mol.